The normalized spacial score (nSPS) is 13.6. The minimum Gasteiger partial charge on any atom is -0.496 e. The summed E-state index contributed by atoms with van der Waals surface area (Å²) in [5.74, 6) is 0.780. The van der Waals surface area contributed by atoms with Crippen molar-refractivity contribution in [3.63, 3.8) is 0 Å². The molecule has 0 bridgehead atoms. The van der Waals surface area contributed by atoms with Gasteiger partial charge in [0.05, 0.1) is 13.2 Å². The molecule has 0 saturated carbocycles. The number of methoxy groups -OCH3 is 1. The SMILES string of the molecule is COc1ccc(F)cc1C(N)C(C)Oc1cccc(Cl)c1. The summed E-state index contributed by atoms with van der Waals surface area (Å²) in [6, 6.07) is 10.8. The van der Waals surface area contributed by atoms with Crippen molar-refractivity contribution in [3.05, 3.63) is 58.9 Å². The molecular weight excluding hydrogens is 293 g/mol. The highest BCUT2D eigenvalue weighted by Crippen LogP contribution is 2.29. The van der Waals surface area contributed by atoms with Crippen molar-refractivity contribution in [2.45, 2.75) is 19.1 Å². The van der Waals surface area contributed by atoms with Crippen LogP contribution in [0.15, 0.2) is 42.5 Å². The van der Waals surface area contributed by atoms with Crippen LogP contribution in [0.3, 0.4) is 0 Å². The third-order valence-corrected chi connectivity index (χ3v) is 3.41. The Morgan fingerprint density at radius 3 is 2.62 bits per heavy atom. The molecule has 0 saturated heterocycles. The fourth-order valence-electron chi connectivity index (χ4n) is 2.05. The lowest BCUT2D eigenvalue weighted by atomic mass is 10.0. The molecule has 0 amide bonds. The molecule has 2 N–H and O–H groups in total. The summed E-state index contributed by atoms with van der Waals surface area (Å²) < 4.78 is 24.4. The number of halogens is 2. The molecule has 2 rings (SSSR count). The quantitative estimate of drug-likeness (QED) is 0.909. The van der Waals surface area contributed by atoms with Gasteiger partial charge in [0.15, 0.2) is 0 Å². The second kappa shape index (κ2) is 6.78. The van der Waals surface area contributed by atoms with E-state index in [0.29, 0.717) is 22.1 Å². The molecule has 0 aromatic heterocycles. The van der Waals surface area contributed by atoms with Crippen LogP contribution in [0.2, 0.25) is 5.02 Å². The topological polar surface area (TPSA) is 44.5 Å². The highest BCUT2D eigenvalue weighted by atomic mass is 35.5. The fraction of sp³-hybridized carbons (Fsp3) is 0.250. The molecule has 112 valence electrons. The van der Waals surface area contributed by atoms with E-state index in [2.05, 4.69) is 0 Å². The van der Waals surface area contributed by atoms with Gasteiger partial charge in [-0.3, -0.25) is 0 Å². The molecule has 2 aromatic carbocycles. The highest BCUT2D eigenvalue weighted by Gasteiger charge is 2.21. The summed E-state index contributed by atoms with van der Waals surface area (Å²) in [4.78, 5) is 0. The first-order chi connectivity index (χ1) is 10.0. The third-order valence-electron chi connectivity index (χ3n) is 3.17. The first kappa shape index (κ1) is 15.6. The monoisotopic (exact) mass is 309 g/mol. The van der Waals surface area contributed by atoms with Crippen LogP contribution in [-0.2, 0) is 0 Å². The van der Waals surface area contributed by atoms with Crippen molar-refractivity contribution in [1.82, 2.24) is 0 Å². The lowest BCUT2D eigenvalue weighted by Gasteiger charge is -2.23. The lowest BCUT2D eigenvalue weighted by molar-refractivity contribution is 0.188. The number of benzene rings is 2. The van der Waals surface area contributed by atoms with Gasteiger partial charge in [0.25, 0.3) is 0 Å². The van der Waals surface area contributed by atoms with Gasteiger partial charge in [-0.15, -0.1) is 0 Å². The van der Waals surface area contributed by atoms with Crippen molar-refractivity contribution < 1.29 is 13.9 Å². The number of ether oxygens (including phenoxy) is 2. The fourth-order valence-corrected chi connectivity index (χ4v) is 2.23. The molecule has 21 heavy (non-hydrogen) atoms. The van der Waals surface area contributed by atoms with Gasteiger partial charge in [-0.25, -0.2) is 4.39 Å². The Bertz CT molecular complexity index is 621. The molecule has 3 nitrogen and oxygen atoms in total. The predicted molar refractivity (Wildman–Crippen MR) is 81.4 cm³/mol. The van der Waals surface area contributed by atoms with E-state index < -0.39 is 6.04 Å². The molecule has 2 unspecified atom stereocenters. The van der Waals surface area contributed by atoms with E-state index in [9.17, 15) is 4.39 Å². The van der Waals surface area contributed by atoms with E-state index in [0.717, 1.165) is 0 Å². The minimum atomic E-state index is -0.533. The molecule has 2 aromatic rings. The Morgan fingerprint density at radius 2 is 1.95 bits per heavy atom. The van der Waals surface area contributed by atoms with Crippen LogP contribution in [0.4, 0.5) is 4.39 Å². The average Bonchev–Trinajstić information content (AvgIpc) is 2.46. The zero-order chi connectivity index (χ0) is 15.4. The molecule has 0 aliphatic rings. The van der Waals surface area contributed by atoms with Crippen LogP contribution in [0.5, 0.6) is 11.5 Å². The van der Waals surface area contributed by atoms with E-state index >= 15 is 0 Å². The molecule has 0 radical (unpaired) electrons. The summed E-state index contributed by atoms with van der Waals surface area (Å²) in [5, 5.41) is 0.580. The van der Waals surface area contributed by atoms with Crippen LogP contribution in [0.1, 0.15) is 18.5 Å². The summed E-state index contributed by atoms with van der Waals surface area (Å²) in [5.41, 5.74) is 6.73. The Kier molecular flexibility index (Phi) is 5.04. The second-order valence-corrected chi connectivity index (χ2v) is 5.13. The van der Waals surface area contributed by atoms with Crippen molar-refractivity contribution in [1.29, 1.82) is 0 Å². The van der Waals surface area contributed by atoms with Gasteiger partial charge in [-0.05, 0) is 43.3 Å². The number of hydrogen-bond acceptors (Lipinski definition) is 3. The van der Waals surface area contributed by atoms with Gasteiger partial charge < -0.3 is 15.2 Å². The highest BCUT2D eigenvalue weighted by molar-refractivity contribution is 6.30. The van der Waals surface area contributed by atoms with Gasteiger partial charge in [0, 0.05) is 10.6 Å². The smallest absolute Gasteiger partial charge is 0.123 e. The van der Waals surface area contributed by atoms with Gasteiger partial charge in [-0.2, -0.15) is 0 Å². The van der Waals surface area contributed by atoms with Crippen LogP contribution in [-0.4, -0.2) is 13.2 Å². The summed E-state index contributed by atoms with van der Waals surface area (Å²) in [6.07, 6.45) is -0.376. The molecule has 0 aliphatic carbocycles. The Hall–Kier alpha value is -1.78. The van der Waals surface area contributed by atoms with Crippen LogP contribution < -0.4 is 15.2 Å². The third kappa shape index (κ3) is 3.86. The summed E-state index contributed by atoms with van der Waals surface area (Å²) >= 11 is 5.91. The van der Waals surface area contributed by atoms with Crippen LogP contribution >= 0.6 is 11.6 Å². The molecule has 0 fully saturated rings. The van der Waals surface area contributed by atoms with Gasteiger partial charge >= 0.3 is 0 Å². The maximum atomic E-state index is 13.4. The van der Waals surface area contributed by atoms with E-state index in [1.54, 1.807) is 30.3 Å². The van der Waals surface area contributed by atoms with Gasteiger partial charge in [0.1, 0.15) is 23.4 Å². The molecule has 0 heterocycles. The number of rotatable bonds is 5. The summed E-state index contributed by atoms with van der Waals surface area (Å²) in [7, 11) is 1.52. The Morgan fingerprint density at radius 1 is 1.19 bits per heavy atom. The predicted octanol–water partition coefficient (Wildman–Crippen LogP) is 3.96. The largest absolute Gasteiger partial charge is 0.496 e. The Labute approximate surface area is 128 Å². The second-order valence-electron chi connectivity index (χ2n) is 4.69. The zero-order valence-electron chi connectivity index (χ0n) is 11.8. The van der Waals surface area contributed by atoms with Crippen LogP contribution in [0.25, 0.3) is 0 Å². The first-order valence-corrected chi connectivity index (χ1v) is 6.90. The van der Waals surface area contributed by atoms with E-state index in [-0.39, 0.29) is 11.9 Å². The zero-order valence-corrected chi connectivity index (χ0v) is 12.6. The van der Waals surface area contributed by atoms with Crippen molar-refractivity contribution in [3.8, 4) is 11.5 Å². The molecule has 5 heteroatoms. The van der Waals surface area contributed by atoms with Crippen molar-refractivity contribution in [2.75, 3.05) is 7.11 Å². The average molecular weight is 310 g/mol. The van der Waals surface area contributed by atoms with E-state index in [1.165, 1.54) is 19.2 Å². The maximum Gasteiger partial charge on any atom is 0.123 e. The van der Waals surface area contributed by atoms with Crippen molar-refractivity contribution >= 4 is 11.6 Å². The van der Waals surface area contributed by atoms with E-state index in [4.69, 9.17) is 26.8 Å². The minimum absolute atomic E-state index is 0.365. The van der Waals surface area contributed by atoms with Crippen molar-refractivity contribution in [2.24, 2.45) is 5.73 Å². The Balaban J connectivity index is 2.19. The number of hydrogen-bond donors (Lipinski definition) is 1. The maximum absolute atomic E-state index is 13.4. The van der Waals surface area contributed by atoms with Crippen LogP contribution in [0, 0.1) is 5.82 Å². The molecule has 0 spiro atoms. The standard InChI is InChI=1S/C16H17ClFNO2/c1-10(21-13-5-3-4-11(17)8-13)16(19)14-9-12(18)6-7-15(14)20-2/h3-10,16H,19H2,1-2H3. The number of nitrogens with two attached hydrogens (primary N) is 1. The van der Waals surface area contributed by atoms with Gasteiger partial charge in [0.2, 0.25) is 0 Å². The first-order valence-electron chi connectivity index (χ1n) is 6.52. The lowest BCUT2D eigenvalue weighted by Crippen LogP contribution is -2.29. The van der Waals surface area contributed by atoms with Gasteiger partial charge in [-0.1, -0.05) is 17.7 Å². The van der Waals surface area contributed by atoms with E-state index in [1.807, 2.05) is 6.92 Å². The molecule has 2 atom stereocenters. The summed E-state index contributed by atoms with van der Waals surface area (Å²) in [6.45, 7) is 1.82. The molecular formula is C16H17ClFNO2. The molecule has 0 aliphatic heterocycles.